The molecule has 1 aromatic carbocycles. The Morgan fingerprint density at radius 3 is 2.17 bits per heavy atom. The van der Waals surface area contributed by atoms with Crippen LogP contribution in [0.4, 0.5) is 0 Å². The lowest BCUT2D eigenvalue weighted by atomic mass is 10.2. The van der Waals surface area contributed by atoms with E-state index in [1.54, 1.807) is 0 Å². The Bertz CT molecular complexity index is 399. The predicted molar refractivity (Wildman–Crippen MR) is 83.0 cm³/mol. The first-order valence-electron chi connectivity index (χ1n) is 6.72. The van der Waals surface area contributed by atoms with Crippen LogP contribution in [0.15, 0.2) is 36.4 Å². The third-order valence-electron chi connectivity index (χ3n) is 3.62. The van der Waals surface area contributed by atoms with Crippen molar-refractivity contribution in [2.75, 3.05) is 0 Å². The molecule has 0 unspecified atom stereocenters. The topological polar surface area (TPSA) is 9.23 Å². The smallest absolute Gasteiger partial charge is 0.250 e. The van der Waals surface area contributed by atoms with Crippen molar-refractivity contribution < 1.29 is 4.43 Å². The number of hydrogen-bond acceptors (Lipinski definition) is 1. The van der Waals surface area contributed by atoms with E-state index in [9.17, 15) is 0 Å². The lowest BCUT2D eigenvalue weighted by molar-refractivity contribution is 0.456. The fourth-order valence-corrected chi connectivity index (χ4v) is 2.49. The van der Waals surface area contributed by atoms with Crippen molar-refractivity contribution in [1.82, 2.24) is 0 Å². The summed E-state index contributed by atoms with van der Waals surface area (Å²) in [5.74, 6) is 1.05. The Labute approximate surface area is 113 Å². The fourth-order valence-electron chi connectivity index (χ4n) is 1.43. The first-order chi connectivity index (χ1) is 8.28. The predicted octanol–water partition coefficient (Wildman–Crippen LogP) is 5.46. The third-order valence-corrected chi connectivity index (χ3v) is 7.96. The number of rotatable bonds is 4. The molecule has 0 bridgehead atoms. The maximum atomic E-state index is 6.43. The van der Waals surface area contributed by atoms with Gasteiger partial charge in [-0.3, -0.25) is 0 Å². The molecule has 1 rings (SSSR count). The van der Waals surface area contributed by atoms with Gasteiger partial charge in [0.2, 0.25) is 8.32 Å². The van der Waals surface area contributed by atoms with Gasteiger partial charge in [-0.2, -0.15) is 0 Å². The Hall–Kier alpha value is -1.02. The van der Waals surface area contributed by atoms with Crippen LogP contribution in [-0.4, -0.2) is 8.32 Å². The monoisotopic (exact) mass is 262 g/mol. The number of benzene rings is 1. The minimum absolute atomic E-state index is 0.231. The van der Waals surface area contributed by atoms with Crippen LogP contribution in [0.2, 0.25) is 18.1 Å². The van der Waals surface area contributed by atoms with Crippen molar-refractivity contribution >= 4 is 14.1 Å². The zero-order valence-electron chi connectivity index (χ0n) is 12.6. The van der Waals surface area contributed by atoms with Gasteiger partial charge in [0.1, 0.15) is 5.76 Å². The van der Waals surface area contributed by atoms with Crippen molar-refractivity contribution in [2.24, 2.45) is 0 Å². The second-order valence-corrected chi connectivity index (χ2v) is 10.9. The second kappa shape index (κ2) is 5.74. The largest absolute Gasteiger partial charge is 0.543 e. The molecule has 2 heteroatoms. The highest BCUT2D eigenvalue weighted by molar-refractivity contribution is 6.74. The first-order valence-corrected chi connectivity index (χ1v) is 9.63. The van der Waals surface area contributed by atoms with Crippen LogP contribution in [0, 0.1) is 0 Å². The van der Waals surface area contributed by atoms with Crippen LogP contribution < -0.4 is 0 Å². The van der Waals surface area contributed by atoms with Crippen LogP contribution in [-0.2, 0) is 4.43 Å². The molecule has 0 aliphatic heterocycles. The van der Waals surface area contributed by atoms with E-state index in [1.807, 2.05) is 6.07 Å². The van der Waals surface area contributed by atoms with Crippen molar-refractivity contribution in [3.63, 3.8) is 0 Å². The van der Waals surface area contributed by atoms with Gasteiger partial charge in [-0.15, -0.1) is 0 Å². The van der Waals surface area contributed by atoms with Gasteiger partial charge in [0.15, 0.2) is 0 Å². The average molecular weight is 262 g/mol. The van der Waals surface area contributed by atoms with Crippen molar-refractivity contribution in [3.8, 4) is 0 Å². The van der Waals surface area contributed by atoms with Crippen LogP contribution in [0.25, 0.3) is 5.76 Å². The van der Waals surface area contributed by atoms with Crippen molar-refractivity contribution in [2.45, 2.75) is 52.2 Å². The summed E-state index contributed by atoms with van der Waals surface area (Å²) in [7, 11) is -1.76. The van der Waals surface area contributed by atoms with Crippen LogP contribution >= 0.6 is 0 Å². The summed E-state index contributed by atoms with van der Waals surface area (Å²) in [5.41, 5.74) is 1.18. The van der Waals surface area contributed by atoms with E-state index in [1.165, 1.54) is 5.56 Å². The first kappa shape index (κ1) is 15.0. The summed E-state index contributed by atoms with van der Waals surface area (Å²) in [6, 6.07) is 10.4. The number of allylic oxidation sites excluding steroid dienone is 1. The Morgan fingerprint density at radius 1 is 1.17 bits per heavy atom. The summed E-state index contributed by atoms with van der Waals surface area (Å²) in [6.07, 6.45) is 3.19. The van der Waals surface area contributed by atoms with Gasteiger partial charge in [-0.1, -0.05) is 58.0 Å². The van der Waals surface area contributed by atoms with Crippen molar-refractivity contribution in [1.29, 1.82) is 0 Å². The molecule has 0 aliphatic rings. The molecule has 1 aromatic rings. The molecule has 0 aromatic heterocycles. The van der Waals surface area contributed by atoms with Gasteiger partial charge in [-0.05, 0) is 30.6 Å². The van der Waals surface area contributed by atoms with Gasteiger partial charge >= 0.3 is 0 Å². The summed E-state index contributed by atoms with van der Waals surface area (Å²) in [6.45, 7) is 13.5. The fraction of sp³-hybridized carbons (Fsp3) is 0.500. The molecule has 0 saturated carbocycles. The summed E-state index contributed by atoms with van der Waals surface area (Å²) < 4.78 is 6.43. The lowest BCUT2D eigenvalue weighted by Crippen LogP contribution is -2.40. The molecule has 1 nitrogen and oxygen atoms in total. The second-order valence-electron chi connectivity index (χ2n) is 6.21. The molecular formula is C16H26OSi. The Morgan fingerprint density at radius 2 is 1.72 bits per heavy atom. The Balaban J connectivity index is 3.00. The van der Waals surface area contributed by atoms with Gasteiger partial charge < -0.3 is 4.43 Å². The molecule has 0 aliphatic carbocycles. The quantitative estimate of drug-likeness (QED) is 0.517. The standard InChI is InChI=1S/C16H26OSi/c1-7-11-15(14-12-9-8-10-13-14)17-18(5,6)16(2,3)4/h8-13H,7H2,1-6H3/b15-11-. The SMILES string of the molecule is CC/C=C(\O[Si](C)(C)C(C)(C)C)c1ccccc1. The molecule has 0 heterocycles. The molecule has 0 atom stereocenters. The third kappa shape index (κ3) is 3.74. The summed E-state index contributed by atoms with van der Waals surface area (Å²) >= 11 is 0. The van der Waals surface area contributed by atoms with E-state index in [-0.39, 0.29) is 5.04 Å². The maximum Gasteiger partial charge on any atom is 0.250 e. The normalized spacial score (nSPS) is 13.6. The minimum atomic E-state index is -1.76. The lowest BCUT2D eigenvalue weighted by Gasteiger charge is -2.37. The molecule has 0 N–H and O–H groups in total. The molecule has 18 heavy (non-hydrogen) atoms. The van der Waals surface area contributed by atoms with Gasteiger partial charge in [0.25, 0.3) is 0 Å². The van der Waals surface area contributed by atoms with Gasteiger partial charge in [0.05, 0.1) is 0 Å². The van der Waals surface area contributed by atoms with E-state index in [2.05, 4.69) is 71.1 Å². The highest BCUT2D eigenvalue weighted by atomic mass is 28.4. The van der Waals surface area contributed by atoms with Crippen LogP contribution in [0.5, 0.6) is 0 Å². The molecule has 0 radical (unpaired) electrons. The molecule has 0 spiro atoms. The molecule has 0 fully saturated rings. The molecule has 100 valence electrons. The minimum Gasteiger partial charge on any atom is -0.543 e. The molecular weight excluding hydrogens is 236 g/mol. The van der Waals surface area contributed by atoms with Gasteiger partial charge in [-0.25, -0.2) is 0 Å². The van der Waals surface area contributed by atoms with E-state index < -0.39 is 8.32 Å². The highest BCUT2D eigenvalue weighted by Crippen LogP contribution is 2.39. The van der Waals surface area contributed by atoms with Crippen LogP contribution in [0.3, 0.4) is 0 Å². The zero-order chi connectivity index (χ0) is 13.8. The van der Waals surface area contributed by atoms with Crippen LogP contribution in [0.1, 0.15) is 39.7 Å². The van der Waals surface area contributed by atoms with E-state index in [0.29, 0.717) is 0 Å². The number of hydrogen-bond donors (Lipinski definition) is 0. The molecule has 0 amide bonds. The van der Waals surface area contributed by atoms with E-state index in [0.717, 1.165) is 12.2 Å². The van der Waals surface area contributed by atoms with Crippen molar-refractivity contribution in [3.05, 3.63) is 42.0 Å². The summed E-state index contributed by atoms with van der Waals surface area (Å²) in [4.78, 5) is 0. The van der Waals surface area contributed by atoms with Gasteiger partial charge in [0, 0.05) is 5.56 Å². The Kier molecular flexibility index (Phi) is 4.80. The van der Waals surface area contributed by atoms with E-state index >= 15 is 0 Å². The maximum absolute atomic E-state index is 6.43. The zero-order valence-corrected chi connectivity index (χ0v) is 13.6. The van der Waals surface area contributed by atoms with E-state index in [4.69, 9.17) is 4.43 Å². The average Bonchev–Trinajstić information content (AvgIpc) is 2.28. The molecule has 0 saturated heterocycles. The highest BCUT2D eigenvalue weighted by Gasteiger charge is 2.39. The summed E-state index contributed by atoms with van der Waals surface area (Å²) in [5, 5.41) is 0.231.